The van der Waals surface area contributed by atoms with Gasteiger partial charge in [0.2, 0.25) is 5.95 Å². The summed E-state index contributed by atoms with van der Waals surface area (Å²) in [6.07, 6.45) is 5.63. The molecule has 1 heterocycles. The third-order valence-electron chi connectivity index (χ3n) is 3.73. The highest BCUT2D eigenvalue weighted by atomic mass is 16.5. The summed E-state index contributed by atoms with van der Waals surface area (Å²) in [6, 6.07) is 17.2. The largest absolute Gasteiger partial charge is 0.490 e. The molecular weight excluding hydrogens is 326 g/mol. The summed E-state index contributed by atoms with van der Waals surface area (Å²) in [6.45, 7) is 2.50. The fourth-order valence-electron chi connectivity index (χ4n) is 2.44. The number of rotatable bonds is 7. The molecule has 0 aliphatic rings. The van der Waals surface area contributed by atoms with Gasteiger partial charge in [-0.05, 0) is 42.8 Å². The van der Waals surface area contributed by atoms with Crippen molar-refractivity contribution >= 4 is 11.6 Å². The van der Waals surface area contributed by atoms with Crippen LogP contribution in [-0.4, -0.2) is 21.7 Å². The Labute approximate surface area is 153 Å². The zero-order valence-electron chi connectivity index (χ0n) is 14.6. The van der Waals surface area contributed by atoms with Crippen molar-refractivity contribution < 1.29 is 9.84 Å². The van der Waals surface area contributed by atoms with Crippen molar-refractivity contribution in [3.63, 3.8) is 0 Å². The van der Waals surface area contributed by atoms with Crippen molar-refractivity contribution in [2.45, 2.75) is 13.5 Å². The Morgan fingerprint density at radius 3 is 2.85 bits per heavy atom. The Kier molecular flexibility index (Phi) is 5.96. The molecule has 0 aliphatic heterocycles. The second kappa shape index (κ2) is 8.78. The fraction of sp³-hybridized carbons (Fsp3) is 0.143. The minimum absolute atomic E-state index is 0.00354. The summed E-state index contributed by atoms with van der Waals surface area (Å²) in [7, 11) is 0. The molecule has 0 atom stereocenters. The Balaban J connectivity index is 1.79. The summed E-state index contributed by atoms with van der Waals surface area (Å²) < 4.78 is 5.69. The van der Waals surface area contributed by atoms with Crippen molar-refractivity contribution in [1.82, 2.24) is 9.97 Å². The van der Waals surface area contributed by atoms with E-state index in [1.807, 2.05) is 73.7 Å². The van der Waals surface area contributed by atoms with Crippen LogP contribution in [-0.2, 0) is 6.61 Å². The van der Waals surface area contributed by atoms with Gasteiger partial charge in [-0.25, -0.2) is 9.97 Å². The molecule has 0 saturated carbocycles. The molecule has 0 bridgehead atoms. The first-order valence-electron chi connectivity index (χ1n) is 8.43. The summed E-state index contributed by atoms with van der Waals surface area (Å²) in [4.78, 5) is 8.85. The van der Waals surface area contributed by atoms with Gasteiger partial charge in [0.25, 0.3) is 0 Å². The van der Waals surface area contributed by atoms with Gasteiger partial charge in [-0.1, -0.05) is 36.4 Å². The van der Waals surface area contributed by atoms with E-state index in [0.717, 1.165) is 28.3 Å². The maximum absolute atomic E-state index is 9.25. The van der Waals surface area contributed by atoms with Crippen LogP contribution in [0.2, 0.25) is 0 Å². The molecule has 0 spiro atoms. The number of nitrogens with one attached hydrogen (secondary N) is 1. The highest BCUT2D eigenvalue weighted by Crippen LogP contribution is 2.24. The average molecular weight is 347 g/mol. The zero-order valence-corrected chi connectivity index (χ0v) is 14.6. The van der Waals surface area contributed by atoms with Gasteiger partial charge in [0.1, 0.15) is 12.4 Å². The van der Waals surface area contributed by atoms with Crippen LogP contribution in [0.25, 0.3) is 11.3 Å². The van der Waals surface area contributed by atoms with Gasteiger partial charge < -0.3 is 15.2 Å². The van der Waals surface area contributed by atoms with Crippen LogP contribution in [0.1, 0.15) is 12.5 Å². The van der Waals surface area contributed by atoms with Crippen LogP contribution in [0.3, 0.4) is 0 Å². The number of aliphatic hydroxyl groups is 1. The molecule has 2 N–H and O–H groups in total. The second-order valence-corrected chi connectivity index (χ2v) is 5.66. The molecule has 0 aliphatic carbocycles. The Hall–Kier alpha value is -3.18. The van der Waals surface area contributed by atoms with Crippen molar-refractivity contribution in [1.29, 1.82) is 0 Å². The van der Waals surface area contributed by atoms with E-state index in [1.54, 1.807) is 6.20 Å². The van der Waals surface area contributed by atoms with Gasteiger partial charge in [0, 0.05) is 17.4 Å². The number of aromatic nitrogens is 2. The summed E-state index contributed by atoms with van der Waals surface area (Å²) in [5.41, 5.74) is 3.42. The molecule has 0 fully saturated rings. The number of benzene rings is 2. The smallest absolute Gasteiger partial charge is 0.227 e. The molecule has 3 rings (SSSR count). The molecule has 3 aromatic rings. The van der Waals surface area contributed by atoms with E-state index in [9.17, 15) is 5.11 Å². The van der Waals surface area contributed by atoms with Crippen LogP contribution in [0.4, 0.5) is 11.6 Å². The lowest BCUT2D eigenvalue weighted by Gasteiger charge is -2.09. The molecule has 0 radical (unpaired) electrons. The summed E-state index contributed by atoms with van der Waals surface area (Å²) in [5, 5.41) is 12.4. The lowest BCUT2D eigenvalue weighted by molar-refractivity contribution is 0.282. The molecule has 2 aromatic carbocycles. The standard InChI is InChI=1S/C21H21N3O2/c1-2-3-12-26-19-9-5-7-17(14-19)20-10-11-22-21(24-20)23-18-8-4-6-16(13-18)15-25/h2-11,13-14,25H,12,15H2,1H3,(H,22,23,24)/b3-2-. The fourth-order valence-corrected chi connectivity index (χ4v) is 2.44. The van der Waals surface area contributed by atoms with Crippen LogP contribution >= 0.6 is 0 Å². The molecule has 5 heteroatoms. The van der Waals surface area contributed by atoms with Crippen molar-refractivity contribution in [2.75, 3.05) is 11.9 Å². The maximum atomic E-state index is 9.25. The minimum Gasteiger partial charge on any atom is -0.490 e. The van der Waals surface area contributed by atoms with E-state index in [4.69, 9.17) is 4.74 Å². The van der Waals surface area contributed by atoms with E-state index < -0.39 is 0 Å². The van der Waals surface area contributed by atoms with Crippen LogP contribution in [0.5, 0.6) is 5.75 Å². The molecule has 26 heavy (non-hydrogen) atoms. The lowest BCUT2D eigenvalue weighted by atomic mass is 10.1. The normalized spacial score (nSPS) is 10.8. The number of nitrogens with zero attached hydrogens (tertiary/aromatic N) is 2. The van der Waals surface area contributed by atoms with E-state index in [2.05, 4.69) is 15.3 Å². The van der Waals surface area contributed by atoms with Crippen LogP contribution in [0.15, 0.2) is 72.9 Å². The molecular formula is C21H21N3O2. The molecule has 0 unspecified atom stereocenters. The molecule has 5 nitrogen and oxygen atoms in total. The first-order chi connectivity index (χ1) is 12.8. The molecule has 0 amide bonds. The van der Waals surface area contributed by atoms with E-state index in [0.29, 0.717) is 12.6 Å². The van der Waals surface area contributed by atoms with E-state index in [1.165, 1.54) is 0 Å². The van der Waals surface area contributed by atoms with Gasteiger partial charge >= 0.3 is 0 Å². The van der Waals surface area contributed by atoms with E-state index >= 15 is 0 Å². The Morgan fingerprint density at radius 1 is 1.12 bits per heavy atom. The number of aliphatic hydroxyl groups excluding tert-OH is 1. The zero-order chi connectivity index (χ0) is 18.2. The molecule has 1 aromatic heterocycles. The van der Waals surface area contributed by atoms with Crippen molar-refractivity contribution in [2.24, 2.45) is 0 Å². The predicted molar refractivity (Wildman–Crippen MR) is 103 cm³/mol. The summed E-state index contributed by atoms with van der Waals surface area (Å²) >= 11 is 0. The SMILES string of the molecule is C/C=C\COc1cccc(-c2ccnc(Nc3cccc(CO)c3)n2)c1. The molecule has 0 saturated heterocycles. The van der Waals surface area contributed by atoms with Gasteiger partial charge in [-0.15, -0.1) is 0 Å². The van der Waals surface area contributed by atoms with Crippen molar-refractivity contribution in [3.05, 3.63) is 78.5 Å². The second-order valence-electron chi connectivity index (χ2n) is 5.66. The number of anilines is 2. The van der Waals surface area contributed by atoms with Gasteiger partial charge in [0.15, 0.2) is 0 Å². The highest BCUT2D eigenvalue weighted by Gasteiger charge is 2.05. The molecule has 132 valence electrons. The number of hydrogen-bond donors (Lipinski definition) is 2. The number of allylic oxidation sites excluding steroid dienone is 1. The van der Waals surface area contributed by atoms with E-state index in [-0.39, 0.29) is 6.61 Å². The first-order valence-corrected chi connectivity index (χ1v) is 8.43. The third-order valence-corrected chi connectivity index (χ3v) is 3.73. The lowest BCUT2D eigenvalue weighted by Crippen LogP contribution is -1.99. The maximum Gasteiger partial charge on any atom is 0.227 e. The number of ether oxygens (including phenoxy) is 1. The van der Waals surface area contributed by atoms with Gasteiger partial charge in [-0.2, -0.15) is 0 Å². The van der Waals surface area contributed by atoms with Crippen LogP contribution in [0, 0.1) is 0 Å². The van der Waals surface area contributed by atoms with Crippen molar-refractivity contribution in [3.8, 4) is 17.0 Å². The minimum atomic E-state index is -0.00354. The average Bonchev–Trinajstić information content (AvgIpc) is 2.69. The summed E-state index contributed by atoms with van der Waals surface area (Å²) in [5.74, 6) is 1.29. The topological polar surface area (TPSA) is 67.3 Å². The number of hydrogen-bond acceptors (Lipinski definition) is 5. The first kappa shape index (κ1) is 17.6. The predicted octanol–water partition coefficient (Wildman–Crippen LogP) is 4.33. The van der Waals surface area contributed by atoms with Gasteiger partial charge in [-0.3, -0.25) is 0 Å². The van der Waals surface area contributed by atoms with Gasteiger partial charge in [0.05, 0.1) is 12.3 Å². The third kappa shape index (κ3) is 4.68. The Morgan fingerprint density at radius 2 is 2.00 bits per heavy atom. The van der Waals surface area contributed by atoms with Crippen LogP contribution < -0.4 is 10.1 Å². The highest BCUT2D eigenvalue weighted by molar-refractivity contribution is 5.63. The Bertz CT molecular complexity index is 894. The monoisotopic (exact) mass is 347 g/mol. The quantitative estimate of drug-likeness (QED) is 0.623.